The van der Waals surface area contributed by atoms with Gasteiger partial charge in [0.2, 0.25) is 10.0 Å². The molecule has 8 nitrogen and oxygen atoms in total. The van der Waals surface area contributed by atoms with Crippen LogP contribution in [0, 0.1) is 17.0 Å². The summed E-state index contributed by atoms with van der Waals surface area (Å²) in [4.78, 5) is 22.3. The van der Waals surface area contributed by atoms with Gasteiger partial charge in [-0.3, -0.25) is 14.9 Å². The van der Waals surface area contributed by atoms with Crippen LogP contribution >= 0.6 is 11.6 Å². The molecule has 0 bridgehead atoms. The topological polar surface area (TPSA) is 116 Å². The number of nitrogens with one attached hydrogen (secondary N) is 1. The molecular formula is C15H13ClN2O6S. The highest BCUT2D eigenvalue weighted by molar-refractivity contribution is 7.89. The van der Waals surface area contributed by atoms with Crippen molar-refractivity contribution < 1.29 is 22.9 Å². The molecule has 0 aliphatic rings. The van der Waals surface area contributed by atoms with E-state index in [9.17, 15) is 23.3 Å². The van der Waals surface area contributed by atoms with Crippen LogP contribution in [0.3, 0.4) is 0 Å². The Morgan fingerprint density at radius 3 is 2.48 bits per heavy atom. The van der Waals surface area contributed by atoms with E-state index < -0.39 is 32.1 Å². The van der Waals surface area contributed by atoms with Crippen LogP contribution in [-0.4, -0.2) is 25.5 Å². The molecule has 0 saturated heterocycles. The first-order valence-corrected chi connectivity index (χ1v) is 9.08. The summed E-state index contributed by atoms with van der Waals surface area (Å²) in [6, 6.07) is 8.44. The number of carbonyl (C=O) groups is 1. The van der Waals surface area contributed by atoms with Crippen LogP contribution < -0.4 is 9.46 Å². The van der Waals surface area contributed by atoms with Crippen molar-refractivity contribution in [3.63, 3.8) is 0 Å². The molecule has 0 fully saturated rings. The number of benzene rings is 2. The highest BCUT2D eigenvalue weighted by Crippen LogP contribution is 2.32. The second kappa shape index (κ2) is 7.08. The molecule has 0 aliphatic heterocycles. The number of nitrogens with zero attached hydrogens (tertiary/aromatic N) is 1. The highest BCUT2D eigenvalue weighted by atomic mass is 35.5. The number of hydrogen-bond donors (Lipinski definition) is 1. The lowest BCUT2D eigenvalue weighted by Gasteiger charge is -2.10. The third-order valence-corrected chi connectivity index (χ3v) is 3.85. The van der Waals surface area contributed by atoms with E-state index in [-0.39, 0.29) is 11.5 Å². The van der Waals surface area contributed by atoms with Crippen LogP contribution in [0.4, 0.5) is 5.69 Å². The zero-order valence-electron chi connectivity index (χ0n) is 13.1. The fourth-order valence-corrected chi connectivity index (χ4v) is 2.68. The lowest BCUT2D eigenvalue weighted by atomic mass is 10.1. The first-order chi connectivity index (χ1) is 11.6. The molecule has 0 saturated carbocycles. The van der Waals surface area contributed by atoms with Gasteiger partial charge in [0.05, 0.1) is 16.2 Å². The van der Waals surface area contributed by atoms with Crippen LogP contribution in [0.5, 0.6) is 11.5 Å². The number of amides is 1. The van der Waals surface area contributed by atoms with Gasteiger partial charge in [-0.05, 0) is 30.7 Å². The standard InChI is InChI=1S/C15H13ClN2O6S/c1-9-3-6-14(12(16)7-9)24-10-4-5-13(18(20)21)11(8-10)15(19)17-25(2,22)23/h3-8H,1-2H3,(H,17,19). The molecule has 1 amide bonds. The molecule has 10 heteroatoms. The fraction of sp³-hybridized carbons (Fsp3) is 0.133. The molecule has 2 rings (SSSR count). The molecule has 0 heterocycles. The summed E-state index contributed by atoms with van der Waals surface area (Å²) in [5.74, 6) is -0.750. The Morgan fingerprint density at radius 2 is 1.92 bits per heavy atom. The number of sulfonamides is 1. The Kier molecular flexibility index (Phi) is 5.29. The molecule has 0 spiro atoms. The van der Waals surface area contributed by atoms with Crippen molar-refractivity contribution in [2.24, 2.45) is 0 Å². The van der Waals surface area contributed by atoms with E-state index in [0.717, 1.165) is 24.0 Å². The lowest BCUT2D eigenvalue weighted by Crippen LogP contribution is -2.29. The number of halogens is 1. The van der Waals surface area contributed by atoms with Gasteiger partial charge < -0.3 is 4.74 Å². The number of hydrogen-bond acceptors (Lipinski definition) is 6. The van der Waals surface area contributed by atoms with E-state index in [2.05, 4.69) is 0 Å². The zero-order valence-corrected chi connectivity index (χ0v) is 14.7. The summed E-state index contributed by atoms with van der Waals surface area (Å²) in [7, 11) is -3.88. The first kappa shape index (κ1) is 18.7. The van der Waals surface area contributed by atoms with Gasteiger partial charge in [-0.2, -0.15) is 0 Å². The zero-order chi connectivity index (χ0) is 18.8. The second-order valence-corrected chi connectivity index (χ2v) is 7.33. The molecule has 0 aliphatic carbocycles. The molecule has 2 aromatic carbocycles. The molecule has 0 unspecified atom stereocenters. The Balaban J connectivity index is 2.43. The lowest BCUT2D eigenvalue weighted by molar-refractivity contribution is -0.385. The van der Waals surface area contributed by atoms with Crippen molar-refractivity contribution in [3.05, 3.63) is 62.7 Å². The molecule has 0 aromatic heterocycles. The third-order valence-electron chi connectivity index (χ3n) is 3.00. The van der Waals surface area contributed by atoms with Gasteiger partial charge in [0.25, 0.3) is 11.6 Å². The molecule has 132 valence electrons. The molecule has 0 atom stereocenters. The van der Waals surface area contributed by atoms with E-state index in [4.69, 9.17) is 16.3 Å². The van der Waals surface area contributed by atoms with Gasteiger partial charge in [-0.1, -0.05) is 17.7 Å². The smallest absolute Gasteiger partial charge is 0.282 e. The van der Waals surface area contributed by atoms with Gasteiger partial charge in [-0.25, -0.2) is 13.1 Å². The minimum atomic E-state index is -3.88. The molecular weight excluding hydrogens is 372 g/mol. The van der Waals surface area contributed by atoms with Gasteiger partial charge in [-0.15, -0.1) is 0 Å². The minimum absolute atomic E-state index is 0.0926. The number of aryl methyl sites for hydroxylation is 1. The van der Waals surface area contributed by atoms with Crippen LogP contribution in [0.1, 0.15) is 15.9 Å². The van der Waals surface area contributed by atoms with Gasteiger partial charge in [0.1, 0.15) is 17.1 Å². The van der Waals surface area contributed by atoms with E-state index in [1.807, 2.05) is 6.92 Å². The predicted molar refractivity (Wildman–Crippen MR) is 91.7 cm³/mol. The van der Waals surface area contributed by atoms with Crippen molar-refractivity contribution in [2.75, 3.05) is 6.26 Å². The molecule has 25 heavy (non-hydrogen) atoms. The Hall–Kier alpha value is -2.65. The maximum Gasteiger partial charge on any atom is 0.282 e. The van der Waals surface area contributed by atoms with Gasteiger partial charge in [0.15, 0.2) is 0 Å². The van der Waals surface area contributed by atoms with Crippen molar-refractivity contribution in [2.45, 2.75) is 6.92 Å². The quantitative estimate of drug-likeness (QED) is 0.625. The van der Waals surface area contributed by atoms with Gasteiger partial charge in [0, 0.05) is 12.1 Å². The van der Waals surface area contributed by atoms with E-state index in [1.165, 1.54) is 6.07 Å². The van der Waals surface area contributed by atoms with Crippen molar-refractivity contribution in [1.29, 1.82) is 0 Å². The van der Waals surface area contributed by atoms with Crippen LogP contribution in [0.25, 0.3) is 0 Å². The fourth-order valence-electron chi connectivity index (χ4n) is 1.96. The normalized spacial score (nSPS) is 11.0. The number of nitro groups is 1. The SMILES string of the molecule is Cc1ccc(Oc2ccc([N+](=O)[O-])c(C(=O)NS(C)(=O)=O)c2)c(Cl)c1. The summed E-state index contributed by atoms with van der Waals surface area (Å²) >= 11 is 6.06. The minimum Gasteiger partial charge on any atom is -0.456 e. The molecule has 0 radical (unpaired) electrons. The first-order valence-electron chi connectivity index (χ1n) is 6.81. The van der Waals surface area contributed by atoms with E-state index >= 15 is 0 Å². The Labute approximate surface area is 148 Å². The average Bonchev–Trinajstić information content (AvgIpc) is 2.48. The number of ether oxygens (including phenoxy) is 1. The Bertz CT molecular complexity index is 958. The van der Waals surface area contributed by atoms with E-state index in [1.54, 1.807) is 22.9 Å². The van der Waals surface area contributed by atoms with Crippen molar-refractivity contribution >= 4 is 33.2 Å². The van der Waals surface area contributed by atoms with Crippen LogP contribution in [0.15, 0.2) is 36.4 Å². The maximum atomic E-state index is 12.0. The summed E-state index contributed by atoms with van der Waals surface area (Å²) in [5.41, 5.74) is -0.0890. The summed E-state index contributed by atoms with van der Waals surface area (Å²) in [6.45, 7) is 1.84. The van der Waals surface area contributed by atoms with Crippen molar-refractivity contribution in [3.8, 4) is 11.5 Å². The highest BCUT2D eigenvalue weighted by Gasteiger charge is 2.23. The van der Waals surface area contributed by atoms with Crippen LogP contribution in [-0.2, 0) is 10.0 Å². The Morgan fingerprint density at radius 1 is 1.24 bits per heavy atom. The maximum absolute atomic E-state index is 12.0. The number of nitro benzene ring substituents is 1. The van der Waals surface area contributed by atoms with Crippen LogP contribution in [0.2, 0.25) is 5.02 Å². The summed E-state index contributed by atoms with van der Waals surface area (Å²) < 4.78 is 29.6. The number of rotatable bonds is 5. The van der Waals surface area contributed by atoms with Gasteiger partial charge >= 0.3 is 0 Å². The van der Waals surface area contributed by atoms with E-state index in [0.29, 0.717) is 5.02 Å². The number of carbonyl (C=O) groups excluding carboxylic acids is 1. The second-order valence-electron chi connectivity index (χ2n) is 5.18. The molecule has 1 N–H and O–H groups in total. The monoisotopic (exact) mass is 384 g/mol. The molecule has 2 aromatic rings. The summed E-state index contributed by atoms with van der Waals surface area (Å²) in [6.07, 6.45) is 0.767. The predicted octanol–water partition coefficient (Wildman–Crippen LogP) is 3.04. The summed E-state index contributed by atoms with van der Waals surface area (Å²) in [5, 5.41) is 11.4. The average molecular weight is 385 g/mol. The van der Waals surface area contributed by atoms with Crippen molar-refractivity contribution in [1.82, 2.24) is 4.72 Å². The largest absolute Gasteiger partial charge is 0.456 e. The third kappa shape index (κ3) is 4.91.